The van der Waals surface area contributed by atoms with Crippen LogP contribution in [0.25, 0.3) is 0 Å². The zero-order valence-electron chi connectivity index (χ0n) is 7.75. The van der Waals surface area contributed by atoms with Crippen LogP contribution in [0.5, 0.6) is 6.01 Å². The molecule has 5 heteroatoms. The van der Waals surface area contributed by atoms with Gasteiger partial charge >= 0.3 is 6.01 Å². The third-order valence-corrected chi connectivity index (χ3v) is 1.74. The summed E-state index contributed by atoms with van der Waals surface area (Å²) in [5, 5.41) is 0.193. The third-order valence-electron chi connectivity index (χ3n) is 1.57. The predicted octanol–water partition coefficient (Wildman–Crippen LogP) is 1.88. The standard InChI is InChI=1S/C8H12ClN3O/c1-3-4-5-6-10-7(9)12-8(11-6)13-2/h3-5H2,1-2H3. The second kappa shape index (κ2) is 4.97. The minimum Gasteiger partial charge on any atom is -0.467 e. The molecule has 1 heterocycles. The minimum absolute atomic E-state index is 0.193. The van der Waals surface area contributed by atoms with Crippen LogP contribution in [0.15, 0.2) is 0 Å². The molecule has 4 nitrogen and oxygen atoms in total. The van der Waals surface area contributed by atoms with Gasteiger partial charge < -0.3 is 4.74 Å². The minimum atomic E-state index is 0.193. The number of aryl methyl sites for hydroxylation is 1. The summed E-state index contributed by atoms with van der Waals surface area (Å²) in [6.07, 6.45) is 2.96. The molecule has 0 aliphatic carbocycles. The van der Waals surface area contributed by atoms with Gasteiger partial charge in [-0.15, -0.1) is 0 Å². The molecule has 0 spiro atoms. The Morgan fingerprint density at radius 1 is 1.31 bits per heavy atom. The first kappa shape index (κ1) is 10.2. The normalized spacial score (nSPS) is 10.1. The van der Waals surface area contributed by atoms with E-state index in [1.54, 1.807) is 0 Å². The lowest BCUT2D eigenvalue weighted by Gasteiger charge is -2.01. The van der Waals surface area contributed by atoms with E-state index >= 15 is 0 Å². The van der Waals surface area contributed by atoms with E-state index in [1.165, 1.54) is 7.11 Å². The van der Waals surface area contributed by atoms with E-state index in [2.05, 4.69) is 21.9 Å². The highest BCUT2D eigenvalue weighted by atomic mass is 35.5. The zero-order valence-corrected chi connectivity index (χ0v) is 8.51. The summed E-state index contributed by atoms with van der Waals surface area (Å²) in [5.74, 6) is 0.693. The average molecular weight is 202 g/mol. The molecule has 1 aromatic rings. The van der Waals surface area contributed by atoms with Gasteiger partial charge in [-0.2, -0.15) is 9.97 Å². The Hall–Kier alpha value is -0.900. The van der Waals surface area contributed by atoms with Crippen molar-refractivity contribution < 1.29 is 4.74 Å². The van der Waals surface area contributed by atoms with Gasteiger partial charge in [0.15, 0.2) is 0 Å². The molecule has 0 bridgehead atoms. The molecule has 1 rings (SSSR count). The van der Waals surface area contributed by atoms with Crippen molar-refractivity contribution >= 4 is 11.6 Å². The number of halogens is 1. The summed E-state index contributed by atoms with van der Waals surface area (Å²) >= 11 is 5.67. The summed E-state index contributed by atoms with van der Waals surface area (Å²) in [6, 6.07) is 0.283. The van der Waals surface area contributed by atoms with Crippen molar-refractivity contribution in [2.24, 2.45) is 0 Å². The number of rotatable bonds is 4. The largest absolute Gasteiger partial charge is 0.467 e. The Morgan fingerprint density at radius 3 is 2.69 bits per heavy atom. The van der Waals surface area contributed by atoms with Crippen LogP contribution >= 0.6 is 11.6 Å². The van der Waals surface area contributed by atoms with Gasteiger partial charge in [0, 0.05) is 6.42 Å². The fourth-order valence-electron chi connectivity index (χ4n) is 0.909. The molecule has 0 N–H and O–H groups in total. The zero-order chi connectivity index (χ0) is 9.68. The number of ether oxygens (including phenoxy) is 1. The molecule has 1 aromatic heterocycles. The van der Waals surface area contributed by atoms with Crippen molar-refractivity contribution in [1.82, 2.24) is 15.0 Å². The Kier molecular flexibility index (Phi) is 3.89. The highest BCUT2D eigenvalue weighted by Gasteiger charge is 2.03. The van der Waals surface area contributed by atoms with Crippen molar-refractivity contribution in [2.45, 2.75) is 26.2 Å². The van der Waals surface area contributed by atoms with Gasteiger partial charge in [-0.05, 0) is 18.0 Å². The second-order valence-corrected chi connectivity index (χ2v) is 2.95. The molecule has 0 radical (unpaired) electrons. The number of aromatic nitrogens is 3. The molecule has 13 heavy (non-hydrogen) atoms. The summed E-state index contributed by atoms with van der Waals surface area (Å²) < 4.78 is 4.87. The van der Waals surface area contributed by atoms with E-state index < -0.39 is 0 Å². The van der Waals surface area contributed by atoms with Gasteiger partial charge in [0.25, 0.3) is 0 Å². The molecule has 0 amide bonds. The van der Waals surface area contributed by atoms with Crippen LogP contribution in [-0.2, 0) is 6.42 Å². The molecule has 0 atom stereocenters. The number of nitrogens with zero attached hydrogens (tertiary/aromatic N) is 3. The third kappa shape index (κ3) is 3.14. The van der Waals surface area contributed by atoms with Crippen molar-refractivity contribution in [1.29, 1.82) is 0 Å². The van der Waals surface area contributed by atoms with Crippen LogP contribution in [0, 0.1) is 0 Å². The molecular weight excluding hydrogens is 190 g/mol. The summed E-state index contributed by atoms with van der Waals surface area (Å²) in [4.78, 5) is 11.8. The number of hydrogen-bond acceptors (Lipinski definition) is 4. The maximum absolute atomic E-state index is 5.67. The Morgan fingerprint density at radius 2 is 2.08 bits per heavy atom. The van der Waals surface area contributed by atoms with Crippen LogP contribution in [-0.4, -0.2) is 22.1 Å². The quantitative estimate of drug-likeness (QED) is 0.746. The van der Waals surface area contributed by atoms with Crippen molar-refractivity contribution in [3.63, 3.8) is 0 Å². The number of hydrogen-bond donors (Lipinski definition) is 0. The van der Waals surface area contributed by atoms with E-state index in [0.29, 0.717) is 5.82 Å². The Bertz CT molecular complexity index is 280. The highest BCUT2D eigenvalue weighted by molar-refractivity contribution is 6.28. The summed E-state index contributed by atoms with van der Waals surface area (Å²) in [5.41, 5.74) is 0. The van der Waals surface area contributed by atoms with Gasteiger partial charge in [-0.25, -0.2) is 4.98 Å². The van der Waals surface area contributed by atoms with Crippen LogP contribution in [0.2, 0.25) is 5.28 Å². The van der Waals surface area contributed by atoms with Gasteiger partial charge in [-0.3, -0.25) is 0 Å². The van der Waals surface area contributed by atoms with Crippen LogP contribution in [0.4, 0.5) is 0 Å². The van der Waals surface area contributed by atoms with E-state index in [4.69, 9.17) is 16.3 Å². The predicted molar refractivity (Wildman–Crippen MR) is 50.0 cm³/mol. The monoisotopic (exact) mass is 201 g/mol. The molecule has 0 saturated carbocycles. The fraction of sp³-hybridized carbons (Fsp3) is 0.625. The molecule has 0 saturated heterocycles. The van der Waals surface area contributed by atoms with E-state index in [1.807, 2.05) is 0 Å². The summed E-state index contributed by atoms with van der Waals surface area (Å²) in [7, 11) is 1.51. The topological polar surface area (TPSA) is 47.9 Å². The molecule has 0 aromatic carbocycles. The lowest BCUT2D eigenvalue weighted by atomic mass is 10.2. The highest BCUT2D eigenvalue weighted by Crippen LogP contribution is 2.09. The number of unbranched alkanes of at least 4 members (excludes halogenated alkanes) is 1. The summed E-state index contributed by atoms with van der Waals surface area (Å²) in [6.45, 7) is 2.11. The van der Waals surface area contributed by atoms with Gasteiger partial charge in [0.2, 0.25) is 5.28 Å². The van der Waals surface area contributed by atoms with Crippen molar-refractivity contribution in [2.75, 3.05) is 7.11 Å². The van der Waals surface area contributed by atoms with Crippen molar-refractivity contribution in [3.8, 4) is 6.01 Å². The lowest BCUT2D eigenvalue weighted by molar-refractivity contribution is 0.375. The number of methoxy groups -OCH3 is 1. The SMILES string of the molecule is CCCCc1nc(Cl)nc(OC)n1. The molecule has 0 aliphatic rings. The maximum atomic E-state index is 5.67. The van der Waals surface area contributed by atoms with E-state index in [0.717, 1.165) is 19.3 Å². The van der Waals surface area contributed by atoms with Gasteiger partial charge in [-0.1, -0.05) is 13.3 Å². The van der Waals surface area contributed by atoms with Crippen LogP contribution < -0.4 is 4.74 Å². The first-order valence-corrected chi connectivity index (χ1v) is 4.58. The Labute approximate surface area is 82.3 Å². The smallest absolute Gasteiger partial charge is 0.320 e. The van der Waals surface area contributed by atoms with Crippen molar-refractivity contribution in [3.05, 3.63) is 11.1 Å². The fourth-order valence-corrected chi connectivity index (χ4v) is 1.08. The van der Waals surface area contributed by atoms with Gasteiger partial charge in [0.1, 0.15) is 5.82 Å². The van der Waals surface area contributed by atoms with E-state index in [-0.39, 0.29) is 11.3 Å². The maximum Gasteiger partial charge on any atom is 0.320 e. The van der Waals surface area contributed by atoms with Crippen LogP contribution in [0.3, 0.4) is 0 Å². The first-order valence-electron chi connectivity index (χ1n) is 4.20. The molecule has 72 valence electrons. The van der Waals surface area contributed by atoms with Gasteiger partial charge in [0.05, 0.1) is 7.11 Å². The van der Waals surface area contributed by atoms with E-state index in [9.17, 15) is 0 Å². The average Bonchev–Trinajstić information content (AvgIpc) is 2.14. The second-order valence-electron chi connectivity index (χ2n) is 2.61. The molecule has 0 unspecified atom stereocenters. The first-order chi connectivity index (χ1) is 6.26. The lowest BCUT2D eigenvalue weighted by Crippen LogP contribution is -2.01. The van der Waals surface area contributed by atoms with Crippen LogP contribution in [0.1, 0.15) is 25.6 Å². The molecular formula is C8H12ClN3O. The Balaban J connectivity index is 2.76. The molecule has 0 fully saturated rings. The molecule has 0 aliphatic heterocycles.